The van der Waals surface area contributed by atoms with Crippen molar-refractivity contribution >= 4 is 11.6 Å². The van der Waals surface area contributed by atoms with Crippen molar-refractivity contribution in [3.8, 4) is 0 Å². The summed E-state index contributed by atoms with van der Waals surface area (Å²) in [4.78, 5) is 14.6. The predicted molar refractivity (Wildman–Crippen MR) is 87.1 cm³/mol. The molecule has 0 radical (unpaired) electrons. The number of nitrogen functional groups attached to an aromatic ring is 1. The summed E-state index contributed by atoms with van der Waals surface area (Å²) in [6, 6.07) is 15.5. The van der Waals surface area contributed by atoms with Crippen LogP contribution >= 0.6 is 0 Å². The van der Waals surface area contributed by atoms with Crippen molar-refractivity contribution in [2.24, 2.45) is 0 Å². The molecule has 0 aromatic heterocycles. The van der Waals surface area contributed by atoms with Crippen LogP contribution in [0.15, 0.2) is 48.5 Å². The Morgan fingerprint density at radius 3 is 2.52 bits per heavy atom. The largest absolute Gasteiger partial charge is 0.399 e. The van der Waals surface area contributed by atoms with E-state index in [0.717, 1.165) is 28.8 Å². The lowest BCUT2D eigenvalue weighted by molar-refractivity contribution is 0.0751. The van der Waals surface area contributed by atoms with Crippen molar-refractivity contribution in [3.63, 3.8) is 0 Å². The van der Waals surface area contributed by atoms with Crippen molar-refractivity contribution in [1.82, 2.24) is 4.90 Å². The molecule has 0 unspecified atom stereocenters. The minimum absolute atomic E-state index is 0.0809. The van der Waals surface area contributed by atoms with Crippen LogP contribution < -0.4 is 5.73 Å². The molecule has 1 amide bonds. The van der Waals surface area contributed by atoms with E-state index in [1.165, 1.54) is 0 Å². The molecule has 0 aliphatic rings. The van der Waals surface area contributed by atoms with Gasteiger partial charge >= 0.3 is 0 Å². The molecule has 3 heteroatoms. The predicted octanol–water partition coefficient (Wildman–Crippen LogP) is 3.49. The van der Waals surface area contributed by atoms with Crippen molar-refractivity contribution in [1.29, 1.82) is 0 Å². The molecule has 0 aliphatic heterocycles. The maximum absolute atomic E-state index is 12.7. The summed E-state index contributed by atoms with van der Waals surface area (Å²) in [5, 5.41) is 0. The molecule has 0 saturated heterocycles. The summed E-state index contributed by atoms with van der Waals surface area (Å²) in [6.07, 6.45) is 0.859. The van der Waals surface area contributed by atoms with Crippen LogP contribution in [0.25, 0.3) is 0 Å². The third kappa shape index (κ3) is 3.63. The van der Waals surface area contributed by atoms with Crippen molar-refractivity contribution < 1.29 is 4.79 Å². The molecule has 2 aromatic carbocycles. The first kappa shape index (κ1) is 15.1. The zero-order valence-electron chi connectivity index (χ0n) is 12.7. The maximum atomic E-state index is 12.7. The van der Waals surface area contributed by atoms with E-state index >= 15 is 0 Å². The van der Waals surface area contributed by atoms with Crippen molar-refractivity contribution in [3.05, 3.63) is 65.2 Å². The van der Waals surface area contributed by atoms with E-state index in [1.807, 2.05) is 60.4 Å². The zero-order valence-corrected chi connectivity index (χ0v) is 12.7. The van der Waals surface area contributed by atoms with Gasteiger partial charge in [0.25, 0.3) is 5.91 Å². The fraction of sp³-hybridized carbons (Fsp3) is 0.278. The van der Waals surface area contributed by atoms with Gasteiger partial charge in [0.05, 0.1) is 0 Å². The van der Waals surface area contributed by atoms with E-state index in [9.17, 15) is 4.79 Å². The Balaban J connectivity index is 2.22. The highest BCUT2D eigenvalue weighted by Crippen LogP contribution is 2.16. The Kier molecular flexibility index (Phi) is 4.99. The minimum Gasteiger partial charge on any atom is -0.399 e. The Bertz CT molecular complexity index is 622. The molecule has 0 bridgehead atoms. The van der Waals surface area contributed by atoms with Gasteiger partial charge in [-0.3, -0.25) is 4.79 Å². The lowest BCUT2D eigenvalue weighted by atomic mass is 10.0. The molecular weight excluding hydrogens is 260 g/mol. The van der Waals surface area contributed by atoms with E-state index in [0.29, 0.717) is 13.1 Å². The number of aryl methyl sites for hydroxylation is 1. The SMILES string of the molecule is CCc1ccccc1C(=O)N(CC)Cc1cccc(N)c1. The van der Waals surface area contributed by atoms with Crippen LogP contribution in [0.4, 0.5) is 5.69 Å². The molecule has 110 valence electrons. The van der Waals surface area contributed by atoms with Gasteiger partial charge in [0, 0.05) is 24.3 Å². The van der Waals surface area contributed by atoms with Gasteiger partial charge in [-0.1, -0.05) is 37.3 Å². The summed E-state index contributed by atoms with van der Waals surface area (Å²) >= 11 is 0. The Hall–Kier alpha value is -2.29. The van der Waals surface area contributed by atoms with Crippen LogP contribution in [-0.2, 0) is 13.0 Å². The number of carbonyl (C=O) groups excluding carboxylic acids is 1. The van der Waals surface area contributed by atoms with Crippen LogP contribution in [0.5, 0.6) is 0 Å². The van der Waals surface area contributed by atoms with Crippen LogP contribution in [0.1, 0.15) is 35.3 Å². The molecule has 2 N–H and O–H groups in total. The number of nitrogens with two attached hydrogens (primary N) is 1. The molecule has 21 heavy (non-hydrogen) atoms. The molecule has 0 spiro atoms. The normalized spacial score (nSPS) is 10.4. The van der Waals surface area contributed by atoms with Crippen LogP contribution in [0, 0.1) is 0 Å². The average molecular weight is 282 g/mol. The van der Waals surface area contributed by atoms with E-state index < -0.39 is 0 Å². The minimum atomic E-state index is 0.0809. The van der Waals surface area contributed by atoms with Gasteiger partial charge in [0.15, 0.2) is 0 Å². The molecule has 2 rings (SSSR count). The highest BCUT2D eigenvalue weighted by atomic mass is 16.2. The Morgan fingerprint density at radius 2 is 1.86 bits per heavy atom. The second kappa shape index (κ2) is 6.93. The molecule has 0 heterocycles. The standard InChI is InChI=1S/C18H22N2O/c1-3-15-9-5-6-11-17(15)18(21)20(4-2)13-14-8-7-10-16(19)12-14/h5-12H,3-4,13,19H2,1-2H3. The fourth-order valence-corrected chi connectivity index (χ4v) is 2.45. The number of nitrogens with zero attached hydrogens (tertiary/aromatic N) is 1. The van der Waals surface area contributed by atoms with Gasteiger partial charge in [0.2, 0.25) is 0 Å². The van der Waals surface area contributed by atoms with Crippen LogP contribution in [0.3, 0.4) is 0 Å². The molecule has 0 aliphatic carbocycles. The summed E-state index contributed by atoms with van der Waals surface area (Å²) in [7, 11) is 0. The lowest BCUT2D eigenvalue weighted by Gasteiger charge is -2.22. The topological polar surface area (TPSA) is 46.3 Å². The van der Waals surface area contributed by atoms with Gasteiger partial charge in [-0.05, 0) is 42.7 Å². The maximum Gasteiger partial charge on any atom is 0.254 e. The van der Waals surface area contributed by atoms with Gasteiger partial charge in [-0.2, -0.15) is 0 Å². The second-order valence-electron chi connectivity index (χ2n) is 5.08. The number of carbonyl (C=O) groups is 1. The quantitative estimate of drug-likeness (QED) is 0.853. The van der Waals surface area contributed by atoms with Crippen molar-refractivity contribution in [2.45, 2.75) is 26.8 Å². The molecule has 3 nitrogen and oxygen atoms in total. The Labute approximate surface area is 126 Å². The summed E-state index contributed by atoms with van der Waals surface area (Å²) in [6.45, 7) is 5.32. The number of benzene rings is 2. The molecule has 0 atom stereocenters. The van der Waals surface area contributed by atoms with Crippen molar-refractivity contribution in [2.75, 3.05) is 12.3 Å². The zero-order chi connectivity index (χ0) is 15.2. The van der Waals surface area contributed by atoms with Crippen LogP contribution in [-0.4, -0.2) is 17.4 Å². The fourth-order valence-electron chi connectivity index (χ4n) is 2.45. The number of hydrogen-bond acceptors (Lipinski definition) is 2. The van der Waals surface area contributed by atoms with Gasteiger partial charge in [-0.25, -0.2) is 0 Å². The third-order valence-electron chi connectivity index (χ3n) is 3.62. The first-order chi connectivity index (χ1) is 10.2. The summed E-state index contributed by atoms with van der Waals surface area (Å²) < 4.78 is 0. The lowest BCUT2D eigenvalue weighted by Crippen LogP contribution is -2.31. The highest BCUT2D eigenvalue weighted by Gasteiger charge is 2.16. The van der Waals surface area contributed by atoms with Gasteiger partial charge < -0.3 is 10.6 Å². The second-order valence-corrected chi connectivity index (χ2v) is 5.08. The number of anilines is 1. The smallest absolute Gasteiger partial charge is 0.254 e. The first-order valence-electron chi connectivity index (χ1n) is 7.37. The van der Waals surface area contributed by atoms with E-state index in [-0.39, 0.29) is 5.91 Å². The highest BCUT2D eigenvalue weighted by molar-refractivity contribution is 5.95. The van der Waals surface area contributed by atoms with E-state index in [4.69, 9.17) is 5.73 Å². The number of rotatable bonds is 5. The molecule has 0 saturated carbocycles. The average Bonchev–Trinajstić information content (AvgIpc) is 2.52. The van der Waals surface area contributed by atoms with Gasteiger partial charge in [0.1, 0.15) is 0 Å². The van der Waals surface area contributed by atoms with Crippen LogP contribution in [0.2, 0.25) is 0 Å². The first-order valence-corrected chi connectivity index (χ1v) is 7.37. The van der Waals surface area contributed by atoms with E-state index in [1.54, 1.807) is 0 Å². The van der Waals surface area contributed by atoms with E-state index in [2.05, 4.69) is 6.92 Å². The summed E-state index contributed by atoms with van der Waals surface area (Å²) in [5.74, 6) is 0.0809. The number of amides is 1. The molecular formula is C18H22N2O. The monoisotopic (exact) mass is 282 g/mol. The summed E-state index contributed by atoms with van der Waals surface area (Å²) in [5.41, 5.74) is 9.48. The third-order valence-corrected chi connectivity index (χ3v) is 3.62. The number of hydrogen-bond donors (Lipinski definition) is 1. The van der Waals surface area contributed by atoms with Gasteiger partial charge in [-0.15, -0.1) is 0 Å². The molecule has 2 aromatic rings. The molecule has 0 fully saturated rings. The Morgan fingerprint density at radius 1 is 1.10 bits per heavy atom.